The van der Waals surface area contributed by atoms with E-state index in [1.807, 2.05) is 49.4 Å². The van der Waals surface area contributed by atoms with Crippen molar-refractivity contribution in [1.29, 1.82) is 0 Å². The number of pyridine rings is 2. The van der Waals surface area contributed by atoms with Crippen LogP contribution in [0.5, 0.6) is 0 Å². The maximum Gasteiger partial charge on any atom is 0.238 e. The third kappa shape index (κ3) is 3.26. The van der Waals surface area contributed by atoms with Crippen LogP contribution in [0.15, 0.2) is 54.7 Å². The Morgan fingerprint density at radius 3 is 2.70 bits per heavy atom. The molecule has 136 valence electrons. The van der Waals surface area contributed by atoms with Gasteiger partial charge in [-0.2, -0.15) is 0 Å². The number of likely N-dealkylation sites (tertiary alicyclic amines) is 1. The van der Waals surface area contributed by atoms with E-state index < -0.39 is 5.92 Å². The molecule has 0 aliphatic carbocycles. The Bertz CT molecular complexity index is 1020. The van der Waals surface area contributed by atoms with Crippen LogP contribution in [0.2, 0.25) is 0 Å². The Morgan fingerprint density at radius 1 is 1.15 bits per heavy atom. The molecule has 1 aliphatic rings. The van der Waals surface area contributed by atoms with Crippen LogP contribution in [0, 0.1) is 12.8 Å². The Labute approximate surface area is 157 Å². The molecule has 1 fully saturated rings. The number of carbonyl (C=O) groups excluding carboxylic acids is 2. The van der Waals surface area contributed by atoms with Gasteiger partial charge in [-0.1, -0.05) is 29.8 Å². The van der Waals surface area contributed by atoms with Crippen molar-refractivity contribution in [3.63, 3.8) is 0 Å². The monoisotopic (exact) mass is 360 g/mol. The van der Waals surface area contributed by atoms with Gasteiger partial charge in [-0.25, -0.2) is 9.97 Å². The van der Waals surface area contributed by atoms with Crippen LogP contribution in [0.1, 0.15) is 17.0 Å². The number of benzene rings is 1. The fraction of sp³-hybridized carbons (Fsp3) is 0.238. The minimum absolute atomic E-state index is 0.169. The molecule has 0 unspecified atom stereocenters. The van der Waals surface area contributed by atoms with E-state index in [0.717, 1.165) is 16.5 Å². The molecule has 2 atom stereocenters. The molecule has 1 saturated heterocycles. The van der Waals surface area contributed by atoms with Crippen molar-refractivity contribution >= 4 is 28.7 Å². The third-order valence-electron chi connectivity index (χ3n) is 5.02. The second-order valence-corrected chi connectivity index (χ2v) is 6.95. The predicted molar refractivity (Wildman–Crippen MR) is 103 cm³/mol. The van der Waals surface area contributed by atoms with E-state index in [4.69, 9.17) is 0 Å². The van der Waals surface area contributed by atoms with Gasteiger partial charge in [0, 0.05) is 31.1 Å². The Kier molecular flexibility index (Phi) is 4.32. The maximum absolute atomic E-state index is 12.9. The number of nitrogens with one attached hydrogen (secondary N) is 1. The van der Waals surface area contributed by atoms with Crippen LogP contribution in [0.3, 0.4) is 0 Å². The van der Waals surface area contributed by atoms with Crippen LogP contribution >= 0.6 is 0 Å². The molecule has 27 heavy (non-hydrogen) atoms. The van der Waals surface area contributed by atoms with Crippen LogP contribution in [-0.2, 0) is 9.59 Å². The SMILES string of the molecule is Cc1ccc([C@H]2CN(C)C(=O)[C@@H]2C(=O)Nc2ccc3cccnc3n2)cc1. The molecule has 1 aliphatic heterocycles. The number of aryl methyl sites for hydroxylation is 1. The van der Waals surface area contributed by atoms with Crippen LogP contribution in [-0.4, -0.2) is 40.3 Å². The molecule has 0 saturated carbocycles. The molecule has 2 amide bonds. The molecule has 1 N–H and O–H groups in total. The first-order valence-electron chi connectivity index (χ1n) is 8.87. The van der Waals surface area contributed by atoms with E-state index in [9.17, 15) is 9.59 Å². The Balaban J connectivity index is 1.61. The summed E-state index contributed by atoms with van der Waals surface area (Å²) in [6.07, 6.45) is 1.66. The maximum atomic E-state index is 12.9. The average molecular weight is 360 g/mol. The molecule has 4 rings (SSSR count). The summed E-state index contributed by atoms with van der Waals surface area (Å²) in [6.45, 7) is 2.53. The second kappa shape index (κ2) is 6.79. The average Bonchev–Trinajstić information content (AvgIpc) is 2.97. The van der Waals surface area contributed by atoms with Crippen molar-refractivity contribution in [3.8, 4) is 0 Å². The third-order valence-corrected chi connectivity index (χ3v) is 5.02. The smallest absolute Gasteiger partial charge is 0.238 e. The van der Waals surface area contributed by atoms with Gasteiger partial charge in [0.25, 0.3) is 0 Å². The number of hydrogen-bond acceptors (Lipinski definition) is 4. The molecule has 1 aromatic carbocycles. The summed E-state index contributed by atoms with van der Waals surface area (Å²) in [7, 11) is 1.73. The highest BCUT2D eigenvalue weighted by Gasteiger charge is 2.44. The lowest BCUT2D eigenvalue weighted by atomic mass is 9.87. The van der Waals surface area contributed by atoms with Crippen LogP contribution < -0.4 is 5.32 Å². The normalized spacial score (nSPS) is 19.5. The van der Waals surface area contributed by atoms with Crippen molar-refractivity contribution in [2.45, 2.75) is 12.8 Å². The second-order valence-electron chi connectivity index (χ2n) is 6.95. The fourth-order valence-electron chi connectivity index (χ4n) is 3.53. The number of carbonyl (C=O) groups is 2. The quantitative estimate of drug-likeness (QED) is 0.729. The van der Waals surface area contributed by atoms with Crippen molar-refractivity contribution in [3.05, 3.63) is 65.9 Å². The highest BCUT2D eigenvalue weighted by atomic mass is 16.2. The molecule has 0 spiro atoms. The number of aromatic nitrogens is 2. The minimum Gasteiger partial charge on any atom is -0.344 e. The van der Waals surface area contributed by atoms with Gasteiger partial charge in [-0.15, -0.1) is 0 Å². The summed E-state index contributed by atoms with van der Waals surface area (Å²) in [5.41, 5.74) is 2.69. The fourth-order valence-corrected chi connectivity index (χ4v) is 3.53. The lowest BCUT2D eigenvalue weighted by Gasteiger charge is -2.17. The number of nitrogens with zero attached hydrogens (tertiary/aromatic N) is 3. The lowest BCUT2D eigenvalue weighted by molar-refractivity contribution is -0.135. The van der Waals surface area contributed by atoms with Gasteiger partial charge < -0.3 is 10.2 Å². The molecular weight excluding hydrogens is 340 g/mol. The topological polar surface area (TPSA) is 75.2 Å². The number of likely N-dealkylation sites (N-methyl/N-ethyl adjacent to an activating group) is 1. The molecule has 3 heterocycles. The molecule has 0 bridgehead atoms. The molecule has 2 aromatic heterocycles. The van der Waals surface area contributed by atoms with E-state index >= 15 is 0 Å². The minimum atomic E-state index is -0.765. The summed E-state index contributed by atoms with van der Waals surface area (Å²) in [4.78, 5) is 35.8. The number of amides is 2. The predicted octanol–water partition coefficient (Wildman–Crippen LogP) is 2.75. The van der Waals surface area contributed by atoms with Crippen molar-refractivity contribution in [2.75, 3.05) is 18.9 Å². The molecule has 6 nitrogen and oxygen atoms in total. The van der Waals surface area contributed by atoms with E-state index in [-0.39, 0.29) is 17.7 Å². The summed E-state index contributed by atoms with van der Waals surface area (Å²) in [6, 6.07) is 15.3. The van der Waals surface area contributed by atoms with Crippen molar-refractivity contribution < 1.29 is 9.59 Å². The molecule has 3 aromatic rings. The zero-order valence-electron chi connectivity index (χ0n) is 15.2. The van der Waals surface area contributed by atoms with Gasteiger partial charge in [-0.3, -0.25) is 9.59 Å². The van der Waals surface area contributed by atoms with E-state index in [1.165, 1.54) is 0 Å². The van der Waals surface area contributed by atoms with Crippen molar-refractivity contribution in [1.82, 2.24) is 14.9 Å². The van der Waals surface area contributed by atoms with Crippen molar-refractivity contribution in [2.24, 2.45) is 5.92 Å². The van der Waals surface area contributed by atoms with E-state index in [1.54, 1.807) is 24.2 Å². The van der Waals surface area contributed by atoms with Gasteiger partial charge in [0.05, 0.1) is 0 Å². The molecule has 0 radical (unpaired) electrons. The number of hydrogen-bond donors (Lipinski definition) is 1. The summed E-state index contributed by atoms with van der Waals surface area (Å²) in [5, 5.41) is 3.69. The summed E-state index contributed by atoms with van der Waals surface area (Å²) >= 11 is 0. The lowest BCUT2D eigenvalue weighted by Crippen LogP contribution is -2.33. The Morgan fingerprint density at radius 2 is 1.93 bits per heavy atom. The molecule has 6 heteroatoms. The van der Waals surface area contributed by atoms with Gasteiger partial charge in [0.1, 0.15) is 11.7 Å². The number of anilines is 1. The van der Waals surface area contributed by atoms with Gasteiger partial charge in [0.15, 0.2) is 5.65 Å². The van der Waals surface area contributed by atoms with Gasteiger partial charge in [-0.05, 0) is 36.8 Å². The van der Waals surface area contributed by atoms with Crippen LogP contribution in [0.4, 0.5) is 5.82 Å². The zero-order valence-corrected chi connectivity index (χ0v) is 15.2. The standard InChI is InChI=1S/C21H20N4O2/c1-13-5-7-14(8-6-13)16-12-25(2)21(27)18(16)20(26)24-17-10-9-15-4-3-11-22-19(15)23-17/h3-11,16,18H,12H2,1-2H3,(H,22,23,24,26)/t16-,18+/m1/s1. The first kappa shape index (κ1) is 17.1. The highest BCUT2D eigenvalue weighted by Crippen LogP contribution is 2.34. The first-order chi connectivity index (χ1) is 13.0. The van der Waals surface area contributed by atoms with E-state index in [0.29, 0.717) is 18.0 Å². The largest absolute Gasteiger partial charge is 0.344 e. The zero-order chi connectivity index (χ0) is 19.0. The van der Waals surface area contributed by atoms with E-state index in [2.05, 4.69) is 15.3 Å². The van der Waals surface area contributed by atoms with Gasteiger partial charge in [0.2, 0.25) is 11.8 Å². The summed E-state index contributed by atoms with van der Waals surface area (Å²) < 4.78 is 0. The van der Waals surface area contributed by atoms with Crippen LogP contribution in [0.25, 0.3) is 11.0 Å². The Hall–Kier alpha value is -3.28. The number of fused-ring (bicyclic) bond motifs is 1. The first-order valence-corrected chi connectivity index (χ1v) is 8.87. The highest BCUT2D eigenvalue weighted by molar-refractivity contribution is 6.08. The molecular formula is C21H20N4O2. The summed E-state index contributed by atoms with van der Waals surface area (Å²) in [5.74, 6) is -1.05. The number of rotatable bonds is 3. The van der Waals surface area contributed by atoms with Gasteiger partial charge >= 0.3 is 0 Å².